The minimum absolute atomic E-state index is 0.0853. The van der Waals surface area contributed by atoms with Crippen molar-refractivity contribution in [2.75, 3.05) is 39.6 Å². The third kappa shape index (κ3) is 66.0. The van der Waals surface area contributed by atoms with E-state index in [9.17, 15) is 43.2 Å². The van der Waals surface area contributed by atoms with E-state index in [1.54, 1.807) is 0 Å². The van der Waals surface area contributed by atoms with Crippen molar-refractivity contribution in [3.05, 3.63) is 24.3 Å². The Morgan fingerprint density at radius 3 is 0.901 bits per heavy atom. The summed E-state index contributed by atoms with van der Waals surface area (Å²) in [4.78, 5) is 72.6. The maximum absolute atomic E-state index is 13.0. The van der Waals surface area contributed by atoms with Crippen molar-refractivity contribution in [2.24, 2.45) is 5.92 Å². The number of phosphoric ester groups is 2. The molecule has 0 amide bonds. The molecule has 0 spiro atoms. The molecule has 0 saturated heterocycles. The highest BCUT2D eigenvalue weighted by Gasteiger charge is 2.30. The van der Waals surface area contributed by atoms with Crippen LogP contribution >= 0.6 is 15.6 Å². The molecule has 0 aliphatic rings. The lowest BCUT2D eigenvalue weighted by molar-refractivity contribution is -0.161. The quantitative estimate of drug-likeness (QED) is 0.0169. The molecular formula is C72H136O17P2. The Morgan fingerprint density at radius 2 is 0.593 bits per heavy atom. The van der Waals surface area contributed by atoms with Gasteiger partial charge >= 0.3 is 39.5 Å². The molecule has 0 heterocycles. The maximum atomic E-state index is 13.0. The van der Waals surface area contributed by atoms with E-state index >= 15 is 0 Å². The molecule has 0 aromatic carbocycles. The first kappa shape index (κ1) is 88.5. The SMILES string of the molecule is CCCCCC/C=C\C=C/CCCCCCCC(=O)O[C@H](COC(=O)CCCCCCCCCCCCCCC(C)C)COP(=O)(O)OC[C@@H](O)COP(=O)(O)OC[C@@H](COC(=O)CCCCCCCCCCC)OC(=O)CCCCCCCCCCCCCC. The van der Waals surface area contributed by atoms with Gasteiger partial charge in [-0.05, 0) is 57.3 Å². The molecule has 91 heavy (non-hydrogen) atoms. The van der Waals surface area contributed by atoms with Crippen molar-refractivity contribution in [2.45, 2.75) is 368 Å². The van der Waals surface area contributed by atoms with Crippen LogP contribution in [0.25, 0.3) is 0 Å². The standard InChI is InChI=1S/C72H136O17P2/c1-6-9-12-15-18-21-23-25-26-27-33-38-43-48-53-58-72(77)89-68(62-83-70(75)56-51-46-41-36-32-29-28-30-35-39-44-49-54-65(4)5)64-87-91(80,81)85-60-66(73)59-84-90(78,79)86-63-67(61-82-69(74)55-50-45-40-34-20-17-14-11-8-3)88-71(76)57-52-47-42-37-31-24-22-19-16-13-10-7-2/h21,23,25-26,65-68,73H,6-20,22,24,27-64H2,1-5H3,(H,78,79)(H,80,81)/b23-21-,26-25-/t66-,67+,68+/m0/s1. The monoisotopic (exact) mass is 1330 g/mol. The van der Waals surface area contributed by atoms with E-state index in [-0.39, 0.29) is 25.7 Å². The Kier molecular flexibility index (Phi) is 63.1. The average Bonchev–Trinajstić information content (AvgIpc) is 2.33. The molecule has 0 aromatic rings. The first-order chi connectivity index (χ1) is 44.0. The fourth-order valence-electron chi connectivity index (χ4n) is 10.5. The van der Waals surface area contributed by atoms with Crippen LogP contribution in [0.4, 0.5) is 0 Å². The maximum Gasteiger partial charge on any atom is 0.472 e. The summed E-state index contributed by atoms with van der Waals surface area (Å²) in [5, 5.41) is 10.6. The largest absolute Gasteiger partial charge is 0.472 e. The summed E-state index contributed by atoms with van der Waals surface area (Å²) in [6.45, 7) is 7.19. The summed E-state index contributed by atoms with van der Waals surface area (Å²) in [6, 6.07) is 0. The number of hydrogen-bond acceptors (Lipinski definition) is 15. The van der Waals surface area contributed by atoms with E-state index in [1.165, 1.54) is 161 Å². The predicted octanol–water partition coefficient (Wildman–Crippen LogP) is 20.5. The van der Waals surface area contributed by atoms with Crippen molar-refractivity contribution < 1.29 is 80.2 Å². The number of aliphatic hydroxyl groups is 1. The van der Waals surface area contributed by atoms with Crippen molar-refractivity contribution in [1.29, 1.82) is 0 Å². The van der Waals surface area contributed by atoms with Crippen LogP contribution in [-0.2, 0) is 65.4 Å². The molecule has 0 radical (unpaired) electrons. The lowest BCUT2D eigenvalue weighted by atomic mass is 10.0. The zero-order chi connectivity index (χ0) is 67.0. The summed E-state index contributed by atoms with van der Waals surface area (Å²) in [5.41, 5.74) is 0. The third-order valence-electron chi connectivity index (χ3n) is 16.2. The van der Waals surface area contributed by atoms with Crippen LogP contribution in [-0.4, -0.2) is 96.7 Å². The second-order valence-electron chi connectivity index (χ2n) is 25.8. The summed E-state index contributed by atoms with van der Waals surface area (Å²) < 4.78 is 68.3. The fourth-order valence-corrected chi connectivity index (χ4v) is 12.0. The first-order valence-corrected chi connectivity index (χ1v) is 39.9. The van der Waals surface area contributed by atoms with Gasteiger partial charge in [0.25, 0.3) is 0 Å². The number of hydrogen-bond donors (Lipinski definition) is 3. The number of unbranched alkanes of at least 4 members (excludes halogenated alkanes) is 39. The van der Waals surface area contributed by atoms with Gasteiger partial charge in [-0.3, -0.25) is 37.3 Å². The van der Waals surface area contributed by atoms with Gasteiger partial charge in [0.2, 0.25) is 0 Å². The highest BCUT2D eigenvalue weighted by atomic mass is 31.2. The van der Waals surface area contributed by atoms with Crippen molar-refractivity contribution in [3.8, 4) is 0 Å². The molecule has 0 rings (SSSR count). The lowest BCUT2D eigenvalue weighted by Crippen LogP contribution is -2.30. The van der Waals surface area contributed by atoms with Crippen molar-refractivity contribution in [1.82, 2.24) is 0 Å². The summed E-state index contributed by atoms with van der Waals surface area (Å²) in [7, 11) is -9.91. The normalized spacial score (nSPS) is 14.2. The van der Waals surface area contributed by atoms with Gasteiger partial charge in [-0.25, -0.2) is 9.13 Å². The molecular weight excluding hydrogens is 1200 g/mol. The van der Waals surface area contributed by atoms with Gasteiger partial charge in [0, 0.05) is 25.7 Å². The van der Waals surface area contributed by atoms with Crippen LogP contribution in [0.5, 0.6) is 0 Å². The molecule has 2 unspecified atom stereocenters. The van der Waals surface area contributed by atoms with Gasteiger partial charge in [-0.15, -0.1) is 0 Å². The van der Waals surface area contributed by atoms with E-state index in [0.29, 0.717) is 25.7 Å². The molecule has 19 heteroatoms. The minimum atomic E-state index is -4.96. The average molecular weight is 1340 g/mol. The molecule has 0 saturated carbocycles. The topological polar surface area (TPSA) is 237 Å². The highest BCUT2D eigenvalue weighted by molar-refractivity contribution is 7.47. The van der Waals surface area contributed by atoms with E-state index in [4.69, 9.17) is 37.0 Å². The molecule has 0 fully saturated rings. The summed E-state index contributed by atoms with van der Waals surface area (Å²) >= 11 is 0. The van der Waals surface area contributed by atoms with Gasteiger partial charge in [0.15, 0.2) is 12.2 Å². The van der Waals surface area contributed by atoms with Crippen LogP contribution in [0.15, 0.2) is 24.3 Å². The lowest BCUT2D eigenvalue weighted by Gasteiger charge is -2.21. The molecule has 536 valence electrons. The van der Waals surface area contributed by atoms with Crippen LogP contribution in [0, 0.1) is 5.92 Å². The molecule has 3 N–H and O–H groups in total. The Bertz CT molecular complexity index is 1850. The second-order valence-corrected chi connectivity index (χ2v) is 28.7. The number of carbonyl (C=O) groups excluding carboxylic acids is 4. The molecule has 0 aromatic heterocycles. The van der Waals surface area contributed by atoms with E-state index in [2.05, 4.69) is 58.9 Å². The minimum Gasteiger partial charge on any atom is -0.462 e. The number of allylic oxidation sites excluding steroid dienone is 4. The number of aliphatic hydroxyl groups excluding tert-OH is 1. The van der Waals surface area contributed by atoms with E-state index < -0.39 is 97.5 Å². The van der Waals surface area contributed by atoms with Gasteiger partial charge in [0.1, 0.15) is 19.3 Å². The van der Waals surface area contributed by atoms with E-state index in [1.807, 2.05) is 0 Å². The van der Waals surface area contributed by atoms with Gasteiger partial charge < -0.3 is 33.8 Å². The number of esters is 4. The highest BCUT2D eigenvalue weighted by Crippen LogP contribution is 2.45. The zero-order valence-corrected chi connectivity index (χ0v) is 60.3. The van der Waals surface area contributed by atoms with Crippen LogP contribution in [0.3, 0.4) is 0 Å². The Morgan fingerprint density at radius 1 is 0.341 bits per heavy atom. The molecule has 5 atom stereocenters. The van der Waals surface area contributed by atoms with E-state index in [0.717, 1.165) is 109 Å². The van der Waals surface area contributed by atoms with Crippen LogP contribution < -0.4 is 0 Å². The number of phosphoric acid groups is 2. The Hall–Kier alpha value is -2.46. The summed E-state index contributed by atoms with van der Waals surface area (Å²) in [6.07, 6.45) is 54.8. The number of rotatable bonds is 70. The predicted molar refractivity (Wildman–Crippen MR) is 368 cm³/mol. The van der Waals surface area contributed by atoms with Crippen LogP contribution in [0.1, 0.15) is 349 Å². The second kappa shape index (κ2) is 64.9. The molecule has 0 bridgehead atoms. The van der Waals surface area contributed by atoms with Crippen molar-refractivity contribution >= 4 is 39.5 Å². The first-order valence-electron chi connectivity index (χ1n) is 37.0. The van der Waals surface area contributed by atoms with Crippen molar-refractivity contribution in [3.63, 3.8) is 0 Å². The summed E-state index contributed by atoms with van der Waals surface area (Å²) in [5.74, 6) is -1.37. The number of carbonyl (C=O) groups is 4. The Balaban J connectivity index is 5.27. The fraction of sp³-hybridized carbons (Fsp3) is 0.889. The van der Waals surface area contributed by atoms with Gasteiger partial charge in [-0.2, -0.15) is 0 Å². The number of ether oxygens (including phenoxy) is 4. The smallest absolute Gasteiger partial charge is 0.462 e. The zero-order valence-electron chi connectivity index (χ0n) is 58.5. The van der Waals surface area contributed by atoms with Gasteiger partial charge in [-0.1, -0.05) is 296 Å². The third-order valence-corrected chi connectivity index (χ3v) is 18.1. The molecule has 0 aliphatic heterocycles. The molecule has 17 nitrogen and oxygen atoms in total. The molecule has 0 aliphatic carbocycles. The van der Waals surface area contributed by atoms with Crippen LogP contribution in [0.2, 0.25) is 0 Å². The Labute approximate surface area is 554 Å². The van der Waals surface area contributed by atoms with Gasteiger partial charge in [0.05, 0.1) is 26.4 Å².